The maximum absolute atomic E-state index is 12.4. The molecule has 0 fully saturated rings. The Morgan fingerprint density at radius 1 is 1.19 bits per heavy atom. The molecule has 136 valence electrons. The van der Waals surface area contributed by atoms with Gasteiger partial charge in [-0.25, -0.2) is 0 Å². The van der Waals surface area contributed by atoms with E-state index in [4.69, 9.17) is 4.74 Å². The zero-order valence-electron chi connectivity index (χ0n) is 15.4. The molecule has 0 aliphatic carbocycles. The largest absolute Gasteiger partial charge is 0.374 e. The number of amides is 2. The highest BCUT2D eigenvalue weighted by Gasteiger charge is 2.10. The fourth-order valence-corrected chi connectivity index (χ4v) is 2.31. The highest BCUT2D eigenvalue weighted by molar-refractivity contribution is 6.05. The lowest BCUT2D eigenvalue weighted by Gasteiger charge is -2.15. The van der Waals surface area contributed by atoms with Gasteiger partial charge in [-0.3, -0.25) is 9.59 Å². The number of ether oxygens (including phenoxy) is 1. The van der Waals surface area contributed by atoms with Crippen LogP contribution in [0.15, 0.2) is 61.2 Å². The van der Waals surface area contributed by atoms with Crippen molar-refractivity contribution in [1.29, 1.82) is 0 Å². The lowest BCUT2D eigenvalue weighted by Crippen LogP contribution is -2.23. The molecule has 0 spiro atoms. The Kier molecular flexibility index (Phi) is 6.69. The Hall–Kier alpha value is -2.92. The molecule has 0 atom stereocenters. The third kappa shape index (κ3) is 5.29. The van der Waals surface area contributed by atoms with Gasteiger partial charge < -0.3 is 15.0 Å². The van der Waals surface area contributed by atoms with Crippen LogP contribution in [0.25, 0.3) is 0 Å². The van der Waals surface area contributed by atoms with Crippen LogP contribution < -0.4 is 10.2 Å². The smallest absolute Gasteiger partial charge is 0.255 e. The molecule has 0 heterocycles. The van der Waals surface area contributed by atoms with Crippen molar-refractivity contribution in [3.05, 3.63) is 72.3 Å². The molecule has 0 aromatic heterocycles. The van der Waals surface area contributed by atoms with Gasteiger partial charge >= 0.3 is 0 Å². The summed E-state index contributed by atoms with van der Waals surface area (Å²) in [4.78, 5) is 25.5. The summed E-state index contributed by atoms with van der Waals surface area (Å²) in [7, 11) is 1.66. The number of hydrogen-bond acceptors (Lipinski definition) is 3. The van der Waals surface area contributed by atoms with Gasteiger partial charge in [0, 0.05) is 24.0 Å². The lowest BCUT2D eigenvalue weighted by atomic mass is 10.1. The van der Waals surface area contributed by atoms with Gasteiger partial charge in [0.2, 0.25) is 5.91 Å². The molecular weight excluding hydrogens is 328 g/mol. The van der Waals surface area contributed by atoms with E-state index >= 15 is 0 Å². The topological polar surface area (TPSA) is 58.6 Å². The van der Waals surface area contributed by atoms with Gasteiger partial charge in [0.05, 0.1) is 12.7 Å². The van der Waals surface area contributed by atoms with E-state index in [1.165, 1.54) is 11.0 Å². The molecule has 2 amide bonds. The summed E-state index contributed by atoms with van der Waals surface area (Å²) in [6, 6.07) is 14.4. The summed E-state index contributed by atoms with van der Waals surface area (Å²) in [6.45, 7) is 7.93. The standard InChI is InChI=1S/C21H24N2O3/c1-5-20(24)23(4)19-11-9-17(10-12-19)21(25)22-18-8-6-7-16(13-18)14-26-15(2)3/h5-13,15H,1,14H2,2-4H3,(H,22,25). The van der Waals surface area contributed by atoms with Crippen LogP contribution in [0, 0.1) is 0 Å². The second-order valence-corrected chi connectivity index (χ2v) is 6.16. The summed E-state index contributed by atoms with van der Waals surface area (Å²) < 4.78 is 5.58. The van der Waals surface area contributed by atoms with E-state index in [1.807, 2.05) is 38.1 Å². The van der Waals surface area contributed by atoms with E-state index < -0.39 is 0 Å². The minimum absolute atomic E-state index is 0.151. The number of likely N-dealkylation sites (N-methyl/N-ethyl adjacent to an activating group) is 1. The predicted molar refractivity (Wildman–Crippen MR) is 104 cm³/mol. The van der Waals surface area contributed by atoms with Gasteiger partial charge in [-0.2, -0.15) is 0 Å². The Bertz CT molecular complexity index is 782. The third-order valence-electron chi connectivity index (χ3n) is 3.79. The van der Waals surface area contributed by atoms with Crippen LogP contribution in [-0.2, 0) is 16.1 Å². The van der Waals surface area contributed by atoms with E-state index in [2.05, 4.69) is 11.9 Å². The molecule has 2 rings (SSSR count). The van der Waals surface area contributed by atoms with Crippen molar-refractivity contribution in [2.75, 3.05) is 17.3 Å². The Morgan fingerprint density at radius 3 is 2.50 bits per heavy atom. The molecule has 5 heteroatoms. The molecule has 5 nitrogen and oxygen atoms in total. The summed E-state index contributed by atoms with van der Waals surface area (Å²) in [5, 5.41) is 2.88. The van der Waals surface area contributed by atoms with Gasteiger partial charge in [0.25, 0.3) is 5.91 Å². The lowest BCUT2D eigenvalue weighted by molar-refractivity contribution is -0.113. The van der Waals surface area contributed by atoms with Gasteiger partial charge in [-0.15, -0.1) is 0 Å². The monoisotopic (exact) mass is 352 g/mol. The predicted octanol–water partition coefficient (Wildman–Crippen LogP) is 4.01. The average molecular weight is 352 g/mol. The first kappa shape index (κ1) is 19.4. The van der Waals surface area contributed by atoms with Crippen LogP contribution in [0.1, 0.15) is 29.8 Å². The summed E-state index contributed by atoms with van der Waals surface area (Å²) in [5.74, 6) is -0.418. The van der Waals surface area contributed by atoms with Crippen LogP contribution in [0.2, 0.25) is 0 Å². The van der Waals surface area contributed by atoms with Crippen LogP contribution >= 0.6 is 0 Å². The quantitative estimate of drug-likeness (QED) is 0.766. The van der Waals surface area contributed by atoms with Crippen molar-refractivity contribution in [1.82, 2.24) is 0 Å². The zero-order chi connectivity index (χ0) is 19.1. The molecule has 0 radical (unpaired) electrons. The number of carbonyl (C=O) groups excluding carboxylic acids is 2. The molecular formula is C21H24N2O3. The number of nitrogens with zero attached hydrogens (tertiary/aromatic N) is 1. The summed E-state index contributed by atoms with van der Waals surface area (Å²) >= 11 is 0. The maximum atomic E-state index is 12.4. The van der Waals surface area contributed by atoms with E-state index in [0.29, 0.717) is 23.5 Å². The van der Waals surface area contributed by atoms with Crippen molar-refractivity contribution in [2.45, 2.75) is 26.6 Å². The van der Waals surface area contributed by atoms with Crippen LogP contribution in [0.4, 0.5) is 11.4 Å². The number of anilines is 2. The normalized spacial score (nSPS) is 10.5. The third-order valence-corrected chi connectivity index (χ3v) is 3.79. The van der Waals surface area contributed by atoms with Gasteiger partial charge in [0.1, 0.15) is 0 Å². The first-order chi connectivity index (χ1) is 12.4. The molecule has 0 aliphatic rings. The summed E-state index contributed by atoms with van der Waals surface area (Å²) in [6.07, 6.45) is 1.40. The molecule has 0 saturated heterocycles. The van der Waals surface area contributed by atoms with Crippen LogP contribution in [-0.4, -0.2) is 25.0 Å². The van der Waals surface area contributed by atoms with E-state index in [9.17, 15) is 9.59 Å². The second-order valence-electron chi connectivity index (χ2n) is 6.16. The first-order valence-corrected chi connectivity index (χ1v) is 8.42. The summed E-state index contributed by atoms with van der Waals surface area (Å²) in [5.41, 5.74) is 2.91. The molecule has 0 saturated carbocycles. The van der Waals surface area contributed by atoms with E-state index in [1.54, 1.807) is 31.3 Å². The SMILES string of the molecule is C=CC(=O)N(C)c1ccc(C(=O)Nc2cccc(COC(C)C)c2)cc1. The molecule has 26 heavy (non-hydrogen) atoms. The average Bonchev–Trinajstić information content (AvgIpc) is 2.65. The second kappa shape index (κ2) is 8.97. The first-order valence-electron chi connectivity index (χ1n) is 8.42. The molecule has 0 bridgehead atoms. The van der Waals surface area contributed by atoms with Crippen LogP contribution in [0.5, 0.6) is 0 Å². The molecule has 2 aromatic carbocycles. The Labute approximate surface area is 154 Å². The van der Waals surface area contributed by atoms with Crippen molar-refractivity contribution in [3.8, 4) is 0 Å². The van der Waals surface area contributed by atoms with Crippen molar-refractivity contribution in [2.24, 2.45) is 0 Å². The van der Waals surface area contributed by atoms with Crippen molar-refractivity contribution >= 4 is 23.2 Å². The van der Waals surface area contributed by atoms with Gasteiger partial charge in [0.15, 0.2) is 0 Å². The fraction of sp³-hybridized carbons (Fsp3) is 0.238. The maximum Gasteiger partial charge on any atom is 0.255 e. The number of hydrogen-bond donors (Lipinski definition) is 1. The number of benzene rings is 2. The molecule has 0 unspecified atom stereocenters. The fourth-order valence-electron chi connectivity index (χ4n) is 2.31. The molecule has 1 N–H and O–H groups in total. The number of rotatable bonds is 7. The highest BCUT2D eigenvalue weighted by Crippen LogP contribution is 2.17. The number of carbonyl (C=O) groups is 2. The zero-order valence-corrected chi connectivity index (χ0v) is 15.4. The Balaban J connectivity index is 2.04. The van der Waals surface area contributed by atoms with Gasteiger partial charge in [-0.1, -0.05) is 18.7 Å². The Morgan fingerprint density at radius 2 is 1.88 bits per heavy atom. The van der Waals surface area contributed by atoms with Gasteiger partial charge in [-0.05, 0) is 61.9 Å². The number of nitrogens with one attached hydrogen (secondary N) is 1. The minimum Gasteiger partial charge on any atom is -0.374 e. The highest BCUT2D eigenvalue weighted by atomic mass is 16.5. The molecule has 2 aromatic rings. The van der Waals surface area contributed by atoms with E-state index in [0.717, 1.165) is 5.56 Å². The van der Waals surface area contributed by atoms with Crippen LogP contribution in [0.3, 0.4) is 0 Å². The van der Waals surface area contributed by atoms with Crippen molar-refractivity contribution in [3.63, 3.8) is 0 Å². The minimum atomic E-state index is -0.212. The van der Waals surface area contributed by atoms with E-state index in [-0.39, 0.29) is 17.9 Å². The molecule has 0 aliphatic heterocycles. The van der Waals surface area contributed by atoms with Crippen molar-refractivity contribution < 1.29 is 14.3 Å².